The highest BCUT2D eigenvalue weighted by Gasteiger charge is 2.11. The monoisotopic (exact) mass is 392 g/mol. The fourth-order valence-corrected chi connectivity index (χ4v) is 3.00. The van der Waals surface area contributed by atoms with Gasteiger partial charge in [-0.2, -0.15) is 0 Å². The van der Waals surface area contributed by atoms with Crippen LogP contribution in [0.3, 0.4) is 0 Å². The van der Waals surface area contributed by atoms with Gasteiger partial charge in [0.25, 0.3) is 7.82 Å². The van der Waals surface area contributed by atoms with Gasteiger partial charge in [0, 0.05) is 18.5 Å². The summed E-state index contributed by atoms with van der Waals surface area (Å²) in [5.41, 5.74) is 0.526. The molecule has 0 aromatic heterocycles. The lowest BCUT2D eigenvalue weighted by Gasteiger charge is -2.26. The van der Waals surface area contributed by atoms with Crippen LogP contribution in [-0.4, -0.2) is 57.8 Å². The molecule has 8 heteroatoms. The Balaban J connectivity index is 3.49. The zero-order valence-electron chi connectivity index (χ0n) is 16.9. The van der Waals surface area contributed by atoms with E-state index in [1.165, 1.54) is 0 Å². The molecule has 0 aromatic rings. The molecule has 0 bridgehead atoms. The smallest absolute Gasteiger partial charge is 0.267 e. The number of rotatable bonds is 16. The van der Waals surface area contributed by atoms with Crippen molar-refractivity contribution in [1.82, 2.24) is 5.32 Å². The third-order valence-electron chi connectivity index (χ3n) is 3.72. The van der Waals surface area contributed by atoms with Crippen LogP contribution in [0.4, 0.5) is 0 Å². The predicted molar refractivity (Wildman–Crippen MR) is 103 cm³/mol. The highest BCUT2D eigenvalue weighted by molar-refractivity contribution is 7.45. The van der Waals surface area contributed by atoms with Crippen molar-refractivity contribution in [2.24, 2.45) is 0 Å². The van der Waals surface area contributed by atoms with E-state index >= 15 is 0 Å². The number of hydrogen-bond donors (Lipinski definition) is 1. The van der Waals surface area contributed by atoms with Gasteiger partial charge in [0.05, 0.1) is 40.9 Å². The van der Waals surface area contributed by atoms with E-state index in [1.807, 2.05) is 21.1 Å². The number of amides is 1. The van der Waals surface area contributed by atoms with E-state index in [0.29, 0.717) is 25.0 Å². The molecule has 0 rings (SSSR count). The standard InChI is InChI=1S/C18H37N2O5P/c1-17(2)18(21)19-13-10-8-6-7-9-11-15-24-26(22,23)25-16-12-14-20(3,4)5/h1,6-16H2,2-5H3,(H-,19,21,22,23). The summed E-state index contributed by atoms with van der Waals surface area (Å²) in [4.78, 5) is 22.9. The molecule has 0 spiro atoms. The fraction of sp³-hybridized carbons (Fsp3) is 0.833. The fourth-order valence-electron chi connectivity index (χ4n) is 2.22. The van der Waals surface area contributed by atoms with Gasteiger partial charge in [0.15, 0.2) is 0 Å². The molecule has 0 radical (unpaired) electrons. The van der Waals surface area contributed by atoms with Crippen molar-refractivity contribution in [2.75, 3.05) is 47.4 Å². The number of quaternary nitrogens is 1. The zero-order chi connectivity index (χ0) is 20.1. The van der Waals surface area contributed by atoms with E-state index in [2.05, 4.69) is 11.9 Å². The van der Waals surface area contributed by atoms with E-state index in [9.17, 15) is 14.3 Å². The maximum atomic E-state index is 11.6. The van der Waals surface area contributed by atoms with Gasteiger partial charge in [-0.1, -0.05) is 32.3 Å². The van der Waals surface area contributed by atoms with Gasteiger partial charge < -0.3 is 23.7 Å². The van der Waals surface area contributed by atoms with Crippen molar-refractivity contribution < 1.29 is 27.8 Å². The van der Waals surface area contributed by atoms with Gasteiger partial charge in [0.1, 0.15) is 0 Å². The van der Waals surface area contributed by atoms with Crippen molar-refractivity contribution in [3.63, 3.8) is 0 Å². The molecule has 0 saturated carbocycles. The highest BCUT2D eigenvalue weighted by atomic mass is 31.2. The predicted octanol–water partition coefficient (Wildman–Crippen LogP) is 2.62. The van der Waals surface area contributed by atoms with Crippen LogP contribution in [0.15, 0.2) is 12.2 Å². The number of hydrogen-bond acceptors (Lipinski definition) is 5. The first kappa shape index (κ1) is 25.3. The average molecular weight is 392 g/mol. The first-order chi connectivity index (χ1) is 12.0. The van der Waals surface area contributed by atoms with Crippen LogP contribution >= 0.6 is 7.82 Å². The minimum atomic E-state index is -4.17. The van der Waals surface area contributed by atoms with E-state index < -0.39 is 7.82 Å². The summed E-state index contributed by atoms with van der Waals surface area (Å²) >= 11 is 0. The number of carbonyl (C=O) groups is 1. The Bertz CT molecular complexity index is 463. The summed E-state index contributed by atoms with van der Waals surface area (Å²) < 4.78 is 22.1. The van der Waals surface area contributed by atoms with Crippen LogP contribution in [-0.2, 0) is 18.4 Å². The summed E-state index contributed by atoms with van der Waals surface area (Å²) in [6.07, 6.45) is 6.33. The van der Waals surface area contributed by atoms with Gasteiger partial charge >= 0.3 is 0 Å². The minimum Gasteiger partial charge on any atom is -0.756 e. The minimum absolute atomic E-state index is 0.0936. The van der Waals surface area contributed by atoms with Crippen LogP contribution in [0.5, 0.6) is 0 Å². The molecule has 26 heavy (non-hydrogen) atoms. The quantitative estimate of drug-likeness (QED) is 0.189. The molecule has 0 aromatic carbocycles. The van der Waals surface area contributed by atoms with Crippen LogP contribution in [0, 0.1) is 0 Å². The number of unbranched alkanes of at least 4 members (excludes halogenated alkanes) is 5. The second kappa shape index (κ2) is 13.4. The Kier molecular flexibility index (Phi) is 13.1. The lowest BCUT2D eigenvalue weighted by atomic mass is 10.1. The van der Waals surface area contributed by atoms with Crippen LogP contribution < -0.4 is 10.2 Å². The van der Waals surface area contributed by atoms with Gasteiger partial charge in [-0.25, -0.2) is 0 Å². The SMILES string of the molecule is C=C(C)C(=O)NCCCCCCCCOP(=O)([O-])OCCC[N+](C)(C)C. The Morgan fingerprint density at radius 1 is 1.00 bits per heavy atom. The van der Waals surface area contributed by atoms with E-state index in [-0.39, 0.29) is 19.1 Å². The summed E-state index contributed by atoms with van der Waals surface area (Å²) in [5, 5.41) is 2.80. The first-order valence-corrected chi connectivity index (χ1v) is 10.8. The first-order valence-electron chi connectivity index (χ1n) is 9.38. The molecular formula is C18H37N2O5P. The van der Waals surface area contributed by atoms with Crippen LogP contribution in [0.1, 0.15) is 51.9 Å². The van der Waals surface area contributed by atoms with Crippen molar-refractivity contribution in [3.8, 4) is 0 Å². The number of phosphoric ester groups is 1. The molecule has 0 aliphatic heterocycles. The average Bonchev–Trinajstić information content (AvgIpc) is 2.52. The highest BCUT2D eigenvalue weighted by Crippen LogP contribution is 2.38. The number of nitrogens with zero attached hydrogens (tertiary/aromatic N) is 1. The molecule has 0 aliphatic carbocycles. The van der Waals surface area contributed by atoms with Crippen molar-refractivity contribution >= 4 is 13.7 Å². The van der Waals surface area contributed by atoms with Gasteiger partial charge in [0.2, 0.25) is 5.91 Å². The molecule has 154 valence electrons. The Morgan fingerprint density at radius 3 is 2.04 bits per heavy atom. The van der Waals surface area contributed by atoms with Crippen LogP contribution in [0.25, 0.3) is 0 Å². The molecule has 0 heterocycles. The molecule has 0 fully saturated rings. The number of nitrogens with one attached hydrogen (secondary N) is 1. The lowest BCUT2D eigenvalue weighted by molar-refractivity contribution is -0.870. The van der Waals surface area contributed by atoms with Crippen molar-refractivity contribution in [1.29, 1.82) is 0 Å². The Hall–Kier alpha value is -0.720. The third-order valence-corrected chi connectivity index (χ3v) is 4.71. The molecule has 1 amide bonds. The van der Waals surface area contributed by atoms with Crippen molar-refractivity contribution in [2.45, 2.75) is 51.9 Å². The van der Waals surface area contributed by atoms with Gasteiger partial charge in [-0.3, -0.25) is 9.36 Å². The second-order valence-electron chi connectivity index (χ2n) is 7.64. The maximum Gasteiger partial charge on any atom is 0.267 e. The summed E-state index contributed by atoms with van der Waals surface area (Å²) in [7, 11) is 1.97. The molecule has 1 unspecified atom stereocenters. The number of phosphoric acid groups is 1. The van der Waals surface area contributed by atoms with Gasteiger partial charge in [-0.05, 0) is 19.8 Å². The van der Waals surface area contributed by atoms with Crippen molar-refractivity contribution in [3.05, 3.63) is 12.2 Å². The van der Waals surface area contributed by atoms with E-state index in [1.54, 1.807) is 6.92 Å². The molecule has 0 saturated heterocycles. The Labute approximate surface area is 159 Å². The lowest BCUT2D eigenvalue weighted by Crippen LogP contribution is -2.35. The summed E-state index contributed by atoms with van der Waals surface area (Å²) in [5.74, 6) is -0.0936. The van der Waals surface area contributed by atoms with E-state index in [0.717, 1.165) is 43.1 Å². The second-order valence-corrected chi connectivity index (χ2v) is 9.05. The maximum absolute atomic E-state index is 11.6. The van der Waals surface area contributed by atoms with Crippen LogP contribution in [0.2, 0.25) is 0 Å². The normalized spacial score (nSPS) is 14.0. The molecule has 7 nitrogen and oxygen atoms in total. The number of carbonyl (C=O) groups excluding carboxylic acids is 1. The molecule has 1 atom stereocenters. The van der Waals surface area contributed by atoms with E-state index in [4.69, 9.17) is 9.05 Å². The molecule has 0 aliphatic rings. The zero-order valence-corrected chi connectivity index (χ0v) is 17.8. The summed E-state index contributed by atoms with van der Waals surface area (Å²) in [6.45, 7) is 7.12. The summed E-state index contributed by atoms with van der Waals surface area (Å²) in [6, 6.07) is 0. The molecular weight excluding hydrogens is 355 g/mol. The Morgan fingerprint density at radius 2 is 1.50 bits per heavy atom. The topological polar surface area (TPSA) is 87.7 Å². The third kappa shape index (κ3) is 16.7. The van der Waals surface area contributed by atoms with Gasteiger partial charge in [-0.15, -0.1) is 0 Å². The molecule has 1 N–H and O–H groups in total. The largest absolute Gasteiger partial charge is 0.756 e.